The van der Waals surface area contributed by atoms with Gasteiger partial charge in [0, 0.05) is 4.47 Å². The monoisotopic (exact) mass is 319 g/mol. The predicted octanol–water partition coefficient (Wildman–Crippen LogP) is 4.03. The second kappa shape index (κ2) is 5.81. The fraction of sp³-hybridized carbons (Fsp3) is 0.143. The van der Waals surface area contributed by atoms with Gasteiger partial charge in [0.1, 0.15) is 11.9 Å². The smallest absolute Gasteiger partial charge is 0.141 e. The number of hydrogen-bond donors (Lipinski definition) is 1. The topological polar surface area (TPSA) is 48.7 Å². The Bertz CT molecular complexity index is 620. The summed E-state index contributed by atoms with van der Waals surface area (Å²) >= 11 is 3.32. The third kappa shape index (κ3) is 3.30. The van der Waals surface area contributed by atoms with E-state index in [1.807, 2.05) is 19.1 Å². The van der Waals surface area contributed by atoms with E-state index in [4.69, 9.17) is 5.26 Å². The second-order valence-electron chi connectivity index (χ2n) is 4.07. The highest BCUT2D eigenvalue weighted by Gasteiger charge is 2.10. The fourth-order valence-electron chi connectivity index (χ4n) is 1.69. The van der Waals surface area contributed by atoms with Crippen molar-refractivity contribution >= 4 is 21.6 Å². The highest BCUT2D eigenvalue weighted by Crippen LogP contribution is 2.24. The molecule has 1 heterocycles. The molecule has 0 spiro atoms. The van der Waals surface area contributed by atoms with Crippen LogP contribution in [0, 0.1) is 17.1 Å². The van der Waals surface area contributed by atoms with Gasteiger partial charge in [0.15, 0.2) is 0 Å². The van der Waals surface area contributed by atoms with Crippen molar-refractivity contribution in [2.45, 2.75) is 13.0 Å². The van der Waals surface area contributed by atoms with Gasteiger partial charge < -0.3 is 5.32 Å². The van der Waals surface area contributed by atoms with Crippen LogP contribution in [0.3, 0.4) is 0 Å². The summed E-state index contributed by atoms with van der Waals surface area (Å²) < 4.78 is 13.7. The molecule has 19 heavy (non-hydrogen) atoms. The minimum atomic E-state index is -0.364. The van der Waals surface area contributed by atoms with E-state index in [0.29, 0.717) is 11.3 Å². The predicted molar refractivity (Wildman–Crippen MR) is 75.1 cm³/mol. The summed E-state index contributed by atoms with van der Waals surface area (Å²) in [5.74, 6) is -0.364. The molecule has 0 bridgehead atoms. The minimum absolute atomic E-state index is 0.117. The Kier molecular flexibility index (Phi) is 4.13. The Balaban J connectivity index is 2.21. The zero-order chi connectivity index (χ0) is 13.8. The third-order valence-corrected chi connectivity index (χ3v) is 3.16. The summed E-state index contributed by atoms with van der Waals surface area (Å²) in [6.45, 7) is 1.91. The van der Waals surface area contributed by atoms with Crippen molar-refractivity contribution in [1.82, 2.24) is 4.98 Å². The molecular weight excluding hydrogens is 309 g/mol. The van der Waals surface area contributed by atoms with Crippen LogP contribution in [0.1, 0.15) is 24.2 Å². The van der Waals surface area contributed by atoms with Crippen LogP contribution >= 0.6 is 15.9 Å². The average molecular weight is 320 g/mol. The Morgan fingerprint density at radius 1 is 1.37 bits per heavy atom. The van der Waals surface area contributed by atoms with Crippen molar-refractivity contribution in [2.75, 3.05) is 5.32 Å². The summed E-state index contributed by atoms with van der Waals surface area (Å²) in [4.78, 5) is 4.02. The Labute approximate surface area is 119 Å². The maximum absolute atomic E-state index is 12.8. The zero-order valence-electron chi connectivity index (χ0n) is 10.2. The summed E-state index contributed by atoms with van der Waals surface area (Å²) in [7, 11) is 0. The first-order chi connectivity index (χ1) is 9.10. The fourth-order valence-corrected chi connectivity index (χ4v) is 2.05. The number of aromatic nitrogens is 1. The van der Waals surface area contributed by atoms with Crippen LogP contribution < -0.4 is 5.32 Å². The molecule has 2 aromatic rings. The van der Waals surface area contributed by atoms with Gasteiger partial charge in [-0.3, -0.25) is 4.98 Å². The highest BCUT2D eigenvalue weighted by atomic mass is 79.9. The van der Waals surface area contributed by atoms with Crippen molar-refractivity contribution < 1.29 is 4.39 Å². The van der Waals surface area contributed by atoms with Gasteiger partial charge in [0.05, 0.1) is 29.2 Å². The van der Waals surface area contributed by atoms with Crippen LogP contribution in [-0.2, 0) is 0 Å². The highest BCUT2D eigenvalue weighted by molar-refractivity contribution is 9.10. The first-order valence-corrected chi connectivity index (χ1v) is 6.47. The maximum Gasteiger partial charge on any atom is 0.141 e. The number of hydrogen-bond acceptors (Lipinski definition) is 3. The largest absolute Gasteiger partial charge is 0.376 e. The van der Waals surface area contributed by atoms with Gasteiger partial charge >= 0.3 is 0 Å². The van der Waals surface area contributed by atoms with Crippen LogP contribution in [0.15, 0.2) is 41.0 Å². The van der Waals surface area contributed by atoms with E-state index in [2.05, 4.69) is 32.3 Å². The SMILES string of the molecule is CC(Nc1ccc(Br)cc1C#N)c1ccc(F)cn1. The van der Waals surface area contributed by atoms with Crippen LogP contribution in [0.2, 0.25) is 0 Å². The lowest BCUT2D eigenvalue weighted by atomic mass is 10.1. The molecule has 0 radical (unpaired) electrons. The van der Waals surface area contributed by atoms with E-state index in [-0.39, 0.29) is 11.9 Å². The maximum atomic E-state index is 12.8. The van der Waals surface area contributed by atoms with Gasteiger partial charge in [0.25, 0.3) is 0 Å². The molecule has 1 aromatic carbocycles. The number of rotatable bonds is 3. The molecule has 0 aliphatic heterocycles. The van der Waals surface area contributed by atoms with Crippen molar-refractivity contribution in [1.29, 1.82) is 5.26 Å². The molecule has 0 aliphatic rings. The number of pyridine rings is 1. The van der Waals surface area contributed by atoms with E-state index in [1.165, 1.54) is 12.3 Å². The number of anilines is 1. The van der Waals surface area contributed by atoms with E-state index < -0.39 is 0 Å². The van der Waals surface area contributed by atoms with Gasteiger partial charge in [-0.05, 0) is 37.3 Å². The standard InChI is InChI=1S/C14H11BrFN3/c1-9(13-5-3-12(16)8-18-13)19-14-4-2-11(15)6-10(14)7-17/h2-6,8-9,19H,1H3. The van der Waals surface area contributed by atoms with Crippen LogP contribution in [0.4, 0.5) is 10.1 Å². The molecule has 5 heteroatoms. The molecule has 96 valence electrons. The molecule has 0 saturated carbocycles. The van der Waals surface area contributed by atoms with E-state index in [1.54, 1.807) is 12.1 Å². The van der Waals surface area contributed by atoms with Gasteiger partial charge in [-0.2, -0.15) is 5.26 Å². The lowest BCUT2D eigenvalue weighted by molar-refractivity contribution is 0.617. The van der Waals surface area contributed by atoms with Crippen LogP contribution in [0.25, 0.3) is 0 Å². The molecule has 3 nitrogen and oxygen atoms in total. The zero-order valence-corrected chi connectivity index (χ0v) is 11.8. The lowest BCUT2D eigenvalue weighted by Gasteiger charge is -2.15. The van der Waals surface area contributed by atoms with Gasteiger partial charge in [0.2, 0.25) is 0 Å². The number of nitrogens with zero attached hydrogens (tertiary/aromatic N) is 2. The number of nitrogens with one attached hydrogen (secondary N) is 1. The Hall–Kier alpha value is -1.93. The third-order valence-electron chi connectivity index (χ3n) is 2.67. The number of nitriles is 1. The average Bonchev–Trinajstić information content (AvgIpc) is 2.41. The molecule has 0 fully saturated rings. The summed E-state index contributed by atoms with van der Waals surface area (Å²) in [5, 5.41) is 12.3. The van der Waals surface area contributed by atoms with Crippen molar-refractivity contribution in [3.05, 3.63) is 58.1 Å². The van der Waals surface area contributed by atoms with Gasteiger partial charge in [-0.1, -0.05) is 15.9 Å². The van der Waals surface area contributed by atoms with E-state index in [9.17, 15) is 4.39 Å². The summed E-state index contributed by atoms with van der Waals surface area (Å²) in [6, 6.07) is 10.4. The van der Waals surface area contributed by atoms with E-state index >= 15 is 0 Å². The molecule has 2 rings (SSSR count). The minimum Gasteiger partial charge on any atom is -0.376 e. The van der Waals surface area contributed by atoms with Crippen molar-refractivity contribution in [2.24, 2.45) is 0 Å². The molecule has 1 aromatic heterocycles. The molecule has 1 N–H and O–H groups in total. The molecule has 0 saturated heterocycles. The number of benzene rings is 1. The van der Waals surface area contributed by atoms with Crippen molar-refractivity contribution in [3.63, 3.8) is 0 Å². The number of halogens is 2. The summed E-state index contributed by atoms with van der Waals surface area (Å²) in [6.07, 6.45) is 1.18. The molecule has 1 unspecified atom stereocenters. The lowest BCUT2D eigenvalue weighted by Crippen LogP contribution is -2.09. The molecule has 0 aliphatic carbocycles. The molecule has 0 amide bonds. The van der Waals surface area contributed by atoms with Crippen molar-refractivity contribution in [3.8, 4) is 6.07 Å². The molecular formula is C14H11BrFN3. The van der Waals surface area contributed by atoms with Gasteiger partial charge in [-0.15, -0.1) is 0 Å². The molecule has 1 atom stereocenters. The van der Waals surface area contributed by atoms with Gasteiger partial charge in [-0.25, -0.2) is 4.39 Å². The normalized spacial score (nSPS) is 11.7. The first kappa shape index (κ1) is 13.5. The second-order valence-corrected chi connectivity index (χ2v) is 4.98. The Morgan fingerprint density at radius 2 is 2.16 bits per heavy atom. The Morgan fingerprint density at radius 3 is 2.79 bits per heavy atom. The van der Waals surface area contributed by atoms with Crippen LogP contribution in [0.5, 0.6) is 0 Å². The summed E-state index contributed by atoms with van der Waals surface area (Å²) in [5.41, 5.74) is 1.99. The quantitative estimate of drug-likeness (QED) is 0.929. The van der Waals surface area contributed by atoms with E-state index in [0.717, 1.165) is 10.2 Å². The van der Waals surface area contributed by atoms with Crippen LogP contribution in [-0.4, -0.2) is 4.98 Å². The first-order valence-electron chi connectivity index (χ1n) is 5.68.